The normalized spacial score (nSPS) is 21.8. The number of aliphatic hydroxyl groups excluding tert-OH is 1. The molecule has 3 heterocycles. The molecule has 6 rings (SSSR count). The van der Waals surface area contributed by atoms with Crippen molar-refractivity contribution in [3.8, 4) is 5.75 Å². The van der Waals surface area contributed by atoms with Gasteiger partial charge in [-0.3, -0.25) is 9.69 Å². The van der Waals surface area contributed by atoms with Gasteiger partial charge in [0.15, 0.2) is 0 Å². The Morgan fingerprint density at radius 1 is 1.21 bits per heavy atom. The number of aromatic amines is 1. The molecule has 6 nitrogen and oxygen atoms in total. The topological polar surface area (TPSA) is 68.8 Å². The average molecular weight is 450 g/mol. The molecule has 1 aromatic heterocycles. The highest BCUT2D eigenvalue weighted by Crippen LogP contribution is 2.49. The van der Waals surface area contributed by atoms with E-state index in [9.17, 15) is 14.3 Å². The predicted molar refractivity (Wildman–Crippen MR) is 123 cm³/mol. The Bertz CT molecular complexity index is 1230. The van der Waals surface area contributed by atoms with Crippen molar-refractivity contribution in [1.82, 2.24) is 14.8 Å². The molecule has 1 aliphatic carbocycles. The molecule has 7 heteroatoms. The molecule has 3 aromatic rings. The highest BCUT2D eigenvalue weighted by Gasteiger charge is 2.54. The molecule has 2 fully saturated rings. The highest BCUT2D eigenvalue weighted by atomic mass is 19.1. The van der Waals surface area contributed by atoms with Crippen LogP contribution in [0.5, 0.6) is 5.75 Å². The number of methoxy groups -OCH3 is 1. The van der Waals surface area contributed by atoms with E-state index < -0.39 is 5.82 Å². The number of likely N-dealkylation sites (tertiary alicyclic amines) is 1. The summed E-state index contributed by atoms with van der Waals surface area (Å²) in [5, 5.41) is 11.5. The summed E-state index contributed by atoms with van der Waals surface area (Å²) < 4.78 is 19.1. The Labute approximate surface area is 191 Å². The molecule has 0 bridgehead atoms. The number of hydrogen-bond donors (Lipinski definition) is 2. The first kappa shape index (κ1) is 20.7. The molecule has 0 radical (unpaired) electrons. The van der Waals surface area contributed by atoms with Gasteiger partial charge >= 0.3 is 0 Å². The summed E-state index contributed by atoms with van der Waals surface area (Å²) in [5.41, 5.74) is 3.40. The fourth-order valence-corrected chi connectivity index (χ4v) is 5.83. The lowest BCUT2D eigenvalue weighted by Gasteiger charge is -2.56. The Hall–Kier alpha value is -2.90. The molecule has 2 aliphatic heterocycles. The molecule has 1 amide bonds. The lowest BCUT2D eigenvalue weighted by molar-refractivity contribution is -0.00133. The maximum atomic E-state index is 13.7. The number of benzene rings is 2. The number of carbonyl (C=O) groups is 1. The monoisotopic (exact) mass is 449 g/mol. The van der Waals surface area contributed by atoms with Crippen molar-refractivity contribution in [2.24, 2.45) is 5.92 Å². The number of fused-ring (bicyclic) bond motifs is 4. The van der Waals surface area contributed by atoms with Gasteiger partial charge in [0.1, 0.15) is 11.6 Å². The van der Waals surface area contributed by atoms with E-state index in [2.05, 4.69) is 16.0 Å². The van der Waals surface area contributed by atoms with Gasteiger partial charge in [0.05, 0.1) is 19.8 Å². The van der Waals surface area contributed by atoms with Gasteiger partial charge in [-0.25, -0.2) is 4.39 Å². The Morgan fingerprint density at radius 2 is 2.03 bits per heavy atom. The molecule has 1 saturated carbocycles. The molecule has 1 saturated heterocycles. The second-order valence-corrected chi connectivity index (χ2v) is 9.85. The minimum Gasteiger partial charge on any atom is -0.497 e. The van der Waals surface area contributed by atoms with E-state index in [4.69, 9.17) is 4.74 Å². The lowest BCUT2D eigenvalue weighted by Crippen LogP contribution is -2.67. The standard InChI is InChI=1S/C26H28FN3O3/c1-33-19-7-8-20-21(10-19)28-24-22(12-31)29(11-16-5-6-16)13-26(23(20)24)14-30(15-26)25(32)17-3-2-4-18(27)9-17/h2-4,7-10,16,22,28,31H,5-6,11-15H2,1H3/t22-/m1/s1. The zero-order chi connectivity index (χ0) is 22.7. The summed E-state index contributed by atoms with van der Waals surface area (Å²) in [6.07, 6.45) is 2.48. The minimum absolute atomic E-state index is 0.0473. The van der Waals surface area contributed by atoms with Crippen LogP contribution in [0.1, 0.15) is 40.5 Å². The average Bonchev–Trinajstić information content (AvgIpc) is 3.53. The number of aliphatic hydroxyl groups is 1. The first-order valence-electron chi connectivity index (χ1n) is 11.6. The van der Waals surface area contributed by atoms with Crippen LogP contribution in [-0.2, 0) is 5.41 Å². The first-order chi connectivity index (χ1) is 16.0. The van der Waals surface area contributed by atoms with Gasteiger partial charge in [-0.15, -0.1) is 0 Å². The predicted octanol–water partition coefficient (Wildman–Crippen LogP) is 3.47. The largest absolute Gasteiger partial charge is 0.497 e. The summed E-state index contributed by atoms with van der Waals surface area (Å²) in [5.74, 6) is 0.929. The van der Waals surface area contributed by atoms with E-state index in [1.54, 1.807) is 19.2 Å². The lowest BCUT2D eigenvalue weighted by atomic mass is 9.68. The van der Waals surface area contributed by atoms with Crippen LogP contribution in [0.2, 0.25) is 0 Å². The van der Waals surface area contributed by atoms with E-state index in [1.807, 2.05) is 17.0 Å². The van der Waals surface area contributed by atoms with Crippen LogP contribution in [0.4, 0.5) is 4.39 Å². The number of aromatic nitrogens is 1. The fourth-order valence-electron chi connectivity index (χ4n) is 5.83. The van der Waals surface area contributed by atoms with Gasteiger partial charge in [0, 0.05) is 59.8 Å². The van der Waals surface area contributed by atoms with Crippen molar-refractivity contribution >= 4 is 16.8 Å². The number of hydrogen-bond acceptors (Lipinski definition) is 4. The number of carbonyl (C=O) groups excluding carboxylic acids is 1. The SMILES string of the molecule is COc1ccc2c3c([nH]c2c1)[C@@H](CO)N(CC1CC1)CC31CN(C(=O)c2cccc(F)c2)C1. The van der Waals surface area contributed by atoms with E-state index in [1.165, 1.54) is 30.5 Å². The maximum absolute atomic E-state index is 13.7. The summed E-state index contributed by atoms with van der Waals surface area (Å²) in [7, 11) is 1.65. The number of ether oxygens (including phenoxy) is 1. The number of H-pyrrole nitrogens is 1. The number of halogens is 1. The minimum atomic E-state index is -0.400. The smallest absolute Gasteiger partial charge is 0.254 e. The van der Waals surface area contributed by atoms with Crippen molar-refractivity contribution < 1.29 is 19.0 Å². The summed E-state index contributed by atoms with van der Waals surface area (Å²) in [4.78, 5) is 20.9. The van der Waals surface area contributed by atoms with Crippen LogP contribution in [0.3, 0.4) is 0 Å². The molecule has 1 spiro atoms. The summed E-state index contributed by atoms with van der Waals surface area (Å²) >= 11 is 0. The molecular formula is C26H28FN3O3. The molecular weight excluding hydrogens is 421 g/mol. The van der Waals surface area contributed by atoms with Gasteiger partial charge in [-0.1, -0.05) is 6.07 Å². The third kappa shape index (κ3) is 3.33. The molecule has 172 valence electrons. The molecule has 2 N–H and O–H groups in total. The van der Waals surface area contributed by atoms with Crippen molar-refractivity contribution in [1.29, 1.82) is 0 Å². The van der Waals surface area contributed by atoms with Crippen LogP contribution in [0.25, 0.3) is 10.9 Å². The van der Waals surface area contributed by atoms with Crippen LogP contribution >= 0.6 is 0 Å². The third-order valence-electron chi connectivity index (χ3n) is 7.55. The van der Waals surface area contributed by atoms with Crippen LogP contribution in [-0.4, -0.2) is 65.7 Å². The van der Waals surface area contributed by atoms with Gasteiger partial charge in [0.2, 0.25) is 0 Å². The molecule has 1 atom stereocenters. The fraction of sp³-hybridized carbons (Fsp3) is 0.423. The van der Waals surface area contributed by atoms with Crippen molar-refractivity contribution in [3.05, 3.63) is 65.1 Å². The van der Waals surface area contributed by atoms with Crippen molar-refractivity contribution in [3.63, 3.8) is 0 Å². The Morgan fingerprint density at radius 3 is 2.73 bits per heavy atom. The van der Waals surface area contributed by atoms with E-state index in [0.717, 1.165) is 35.4 Å². The van der Waals surface area contributed by atoms with Gasteiger partial charge < -0.3 is 19.7 Å². The second-order valence-electron chi connectivity index (χ2n) is 9.85. The zero-order valence-corrected chi connectivity index (χ0v) is 18.7. The Kier molecular flexibility index (Phi) is 4.74. The van der Waals surface area contributed by atoms with Crippen LogP contribution < -0.4 is 4.74 Å². The third-order valence-corrected chi connectivity index (χ3v) is 7.55. The summed E-state index contributed by atoms with van der Waals surface area (Å²) in [6.45, 7) is 2.96. The molecule has 2 aromatic carbocycles. The van der Waals surface area contributed by atoms with E-state index >= 15 is 0 Å². The summed E-state index contributed by atoms with van der Waals surface area (Å²) in [6, 6.07) is 11.9. The first-order valence-corrected chi connectivity index (χ1v) is 11.6. The highest BCUT2D eigenvalue weighted by molar-refractivity contribution is 5.96. The van der Waals surface area contributed by atoms with Crippen molar-refractivity contribution in [2.45, 2.75) is 24.3 Å². The van der Waals surface area contributed by atoms with Crippen molar-refractivity contribution in [2.75, 3.05) is 39.9 Å². The van der Waals surface area contributed by atoms with Crippen LogP contribution in [0.15, 0.2) is 42.5 Å². The second kappa shape index (κ2) is 7.57. The Balaban J connectivity index is 1.39. The number of rotatable bonds is 5. The quantitative estimate of drug-likeness (QED) is 0.626. The van der Waals surface area contributed by atoms with E-state index in [-0.39, 0.29) is 24.0 Å². The van der Waals surface area contributed by atoms with Crippen LogP contribution in [0, 0.1) is 11.7 Å². The molecule has 33 heavy (non-hydrogen) atoms. The number of nitrogens with one attached hydrogen (secondary N) is 1. The zero-order valence-electron chi connectivity index (χ0n) is 18.7. The maximum Gasteiger partial charge on any atom is 0.254 e. The van der Waals surface area contributed by atoms with Gasteiger partial charge in [-0.2, -0.15) is 0 Å². The van der Waals surface area contributed by atoms with Gasteiger partial charge in [0.25, 0.3) is 5.91 Å². The number of nitrogens with zero attached hydrogens (tertiary/aromatic N) is 2. The van der Waals surface area contributed by atoms with Gasteiger partial charge in [-0.05, 0) is 54.7 Å². The molecule has 0 unspecified atom stereocenters. The number of amides is 1. The van der Waals surface area contributed by atoms with E-state index in [0.29, 0.717) is 24.6 Å². The molecule has 3 aliphatic rings.